The second-order valence-corrected chi connectivity index (χ2v) is 5.66. The largest absolute Gasteiger partial charge is 0.437 e. The van der Waals surface area contributed by atoms with Gasteiger partial charge in [0.15, 0.2) is 12.4 Å². The van der Waals surface area contributed by atoms with E-state index < -0.39 is 0 Å². The van der Waals surface area contributed by atoms with Crippen LogP contribution in [0, 0.1) is 6.92 Å². The van der Waals surface area contributed by atoms with E-state index in [1.54, 1.807) is 10.9 Å². The first kappa shape index (κ1) is 13.8. The van der Waals surface area contributed by atoms with Crippen LogP contribution in [0.4, 0.5) is 5.82 Å². The lowest BCUT2D eigenvalue weighted by Crippen LogP contribution is -2.26. The highest BCUT2D eigenvalue weighted by Gasteiger charge is 2.04. The van der Waals surface area contributed by atoms with Crippen molar-refractivity contribution in [1.82, 2.24) is 4.98 Å². The first-order chi connectivity index (χ1) is 10.2. The second-order valence-electron chi connectivity index (χ2n) is 4.75. The summed E-state index contributed by atoms with van der Waals surface area (Å²) in [5.41, 5.74) is 7.90. The highest BCUT2D eigenvalue weighted by Crippen LogP contribution is 2.32. The molecule has 1 aromatic carbocycles. The number of hydrogen-bond acceptors (Lipinski definition) is 1. The summed E-state index contributed by atoms with van der Waals surface area (Å²) in [4.78, 5) is 4.44. The molecule has 0 radical (unpaired) electrons. The summed E-state index contributed by atoms with van der Waals surface area (Å²) in [6, 6.07) is 16.2. The molecule has 0 fully saturated rings. The fraction of sp³-hybridized carbons (Fsp3) is 0.0588. The van der Waals surface area contributed by atoms with E-state index in [1.165, 1.54) is 5.56 Å². The normalized spacial score (nSPS) is 10.4. The van der Waals surface area contributed by atoms with Crippen LogP contribution in [0.2, 0.25) is 0 Å². The predicted octanol–water partition coefficient (Wildman–Crippen LogP) is 4.58. The Kier molecular flexibility index (Phi) is 3.97. The maximum atomic E-state index is 4.57. The molecular weight excluding hydrogens is 326 g/mol. The standard InChI is InChI=1S/C17H14BrN3/c1-13-5-7-14(8-6-13)16-11-15(18)12-19-17(16)20-21-9-3-2-4-10-21/h2-12H,1H3. The molecule has 0 amide bonds. The van der Waals surface area contributed by atoms with Crippen molar-refractivity contribution in [1.29, 1.82) is 0 Å². The number of aryl methyl sites for hydroxylation is 1. The van der Waals surface area contributed by atoms with Crippen molar-refractivity contribution in [3.8, 4) is 11.1 Å². The quantitative estimate of drug-likeness (QED) is 0.642. The smallest absolute Gasteiger partial charge is 0.182 e. The van der Waals surface area contributed by atoms with Gasteiger partial charge >= 0.3 is 0 Å². The third kappa shape index (κ3) is 3.28. The maximum Gasteiger partial charge on any atom is 0.182 e. The molecule has 104 valence electrons. The Morgan fingerprint density at radius 1 is 1.05 bits per heavy atom. The fourth-order valence-electron chi connectivity index (χ4n) is 2.02. The Morgan fingerprint density at radius 2 is 1.76 bits per heavy atom. The average Bonchev–Trinajstić information content (AvgIpc) is 2.51. The van der Waals surface area contributed by atoms with Gasteiger partial charge in [0.25, 0.3) is 0 Å². The van der Waals surface area contributed by atoms with Crippen molar-refractivity contribution in [2.24, 2.45) is 0 Å². The average molecular weight is 340 g/mol. The third-order valence-electron chi connectivity index (χ3n) is 3.11. The van der Waals surface area contributed by atoms with Gasteiger partial charge in [-0.25, -0.2) is 0 Å². The highest BCUT2D eigenvalue weighted by atomic mass is 79.9. The Morgan fingerprint density at radius 3 is 2.48 bits per heavy atom. The third-order valence-corrected chi connectivity index (χ3v) is 3.54. The first-order valence-corrected chi connectivity index (χ1v) is 7.42. The minimum Gasteiger partial charge on any atom is -0.437 e. The molecular formula is C17H14BrN3. The van der Waals surface area contributed by atoms with Crippen LogP contribution in [-0.2, 0) is 0 Å². The first-order valence-electron chi connectivity index (χ1n) is 6.63. The minimum absolute atomic E-state index is 0.693. The van der Waals surface area contributed by atoms with Gasteiger partial charge in [-0.2, -0.15) is 10.1 Å². The Balaban J connectivity index is 2.03. The Labute approximate surface area is 132 Å². The van der Waals surface area contributed by atoms with Crippen LogP contribution in [0.15, 0.2) is 71.6 Å². The van der Waals surface area contributed by atoms with E-state index in [0.717, 1.165) is 15.6 Å². The molecule has 0 N–H and O–H groups in total. The van der Waals surface area contributed by atoms with E-state index in [9.17, 15) is 0 Å². The van der Waals surface area contributed by atoms with Gasteiger partial charge in [-0.05, 0) is 24.1 Å². The minimum atomic E-state index is 0.693. The summed E-state index contributed by atoms with van der Waals surface area (Å²) in [6.07, 6.45) is 5.55. The molecule has 0 aliphatic carbocycles. The fourth-order valence-corrected chi connectivity index (χ4v) is 2.35. The molecule has 0 aliphatic rings. The SMILES string of the molecule is Cc1ccc(-c2cc(Br)cnc2[N-][n+]2ccccc2)cc1. The van der Waals surface area contributed by atoms with Crippen LogP contribution < -0.4 is 4.68 Å². The lowest BCUT2D eigenvalue weighted by atomic mass is 10.1. The number of aromatic nitrogens is 2. The number of nitrogens with zero attached hydrogens (tertiary/aromatic N) is 3. The van der Waals surface area contributed by atoms with E-state index in [4.69, 9.17) is 0 Å². The van der Waals surface area contributed by atoms with Crippen LogP contribution in [0.3, 0.4) is 0 Å². The van der Waals surface area contributed by atoms with Gasteiger partial charge in [0.1, 0.15) is 0 Å². The molecule has 0 spiro atoms. The summed E-state index contributed by atoms with van der Waals surface area (Å²) in [7, 11) is 0. The molecule has 3 rings (SSSR count). The van der Waals surface area contributed by atoms with Gasteiger partial charge in [-0.15, -0.1) is 0 Å². The molecule has 0 unspecified atom stereocenters. The highest BCUT2D eigenvalue weighted by molar-refractivity contribution is 9.10. The lowest BCUT2D eigenvalue weighted by Gasteiger charge is -2.15. The van der Waals surface area contributed by atoms with Crippen LogP contribution >= 0.6 is 15.9 Å². The maximum absolute atomic E-state index is 4.57. The summed E-state index contributed by atoms with van der Waals surface area (Å²) >= 11 is 3.48. The molecule has 2 heterocycles. The number of pyridine rings is 2. The van der Waals surface area contributed by atoms with Crippen molar-refractivity contribution >= 4 is 21.7 Å². The number of halogens is 1. The van der Waals surface area contributed by atoms with E-state index in [-0.39, 0.29) is 0 Å². The van der Waals surface area contributed by atoms with E-state index in [0.29, 0.717) is 5.82 Å². The van der Waals surface area contributed by atoms with Crippen molar-refractivity contribution in [3.05, 3.63) is 82.6 Å². The summed E-state index contributed by atoms with van der Waals surface area (Å²) in [5.74, 6) is 0.693. The molecule has 0 aliphatic heterocycles. The van der Waals surface area contributed by atoms with E-state index >= 15 is 0 Å². The van der Waals surface area contributed by atoms with Gasteiger partial charge in [0.05, 0.1) is 0 Å². The van der Waals surface area contributed by atoms with Crippen molar-refractivity contribution in [2.75, 3.05) is 0 Å². The summed E-state index contributed by atoms with van der Waals surface area (Å²) < 4.78 is 2.70. The number of benzene rings is 1. The zero-order chi connectivity index (χ0) is 14.7. The van der Waals surface area contributed by atoms with Crippen LogP contribution in [0.1, 0.15) is 5.56 Å². The Hall–Kier alpha value is -2.20. The second kappa shape index (κ2) is 6.06. The van der Waals surface area contributed by atoms with Gasteiger partial charge in [0.2, 0.25) is 0 Å². The lowest BCUT2D eigenvalue weighted by molar-refractivity contribution is -0.619. The van der Waals surface area contributed by atoms with Crippen molar-refractivity contribution in [3.63, 3.8) is 0 Å². The summed E-state index contributed by atoms with van der Waals surface area (Å²) in [6.45, 7) is 2.08. The van der Waals surface area contributed by atoms with Crippen molar-refractivity contribution < 1.29 is 4.68 Å². The van der Waals surface area contributed by atoms with Crippen LogP contribution in [0.25, 0.3) is 16.6 Å². The predicted molar refractivity (Wildman–Crippen MR) is 87.2 cm³/mol. The van der Waals surface area contributed by atoms with Gasteiger partial charge in [-0.1, -0.05) is 58.0 Å². The molecule has 2 aromatic heterocycles. The molecule has 21 heavy (non-hydrogen) atoms. The van der Waals surface area contributed by atoms with Gasteiger partial charge < -0.3 is 4.98 Å². The molecule has 3 aromatic rings. The van der Waals surface area contributed by atoms with Crippen LogP contribution in [-0.4, -0.2) is 4.98 Å². The molecule has 0 atom stereocenters. The zero-order valence-corrected chi connectivity index (χ0v) is 13.2. The van der Waals surface area contributed by atoms with E-state index in [2.05, 4.69) is 57.5 Å². The summed E-state index contributed by atoms with van der Waals surface area (Å²) in [5, 5.41) is 0. The number of hydrogen-bond donors (Lipinski definition) is 0. The Bertz CT molecular complexity index is 740. The number of rotatable bonds is 3. The van der Waals surface area contributed by atoms with E-state index in [1.807, 2.05) is 36.7 Å². The molecule has 0 saturated heterocycles. The van der Waals surface area contributed by atoms with Gasteiger partial charge in [-0.3, -0.25) is 0 Å². The topological polar surface area (TPSA) is 30.9 Å². The molecule has 3 nitrogen and oxygen atoms in total. The monoisotopic (exact) mass is 339 g/mol. The molecule has 0 bridgehead atoms. The van der Waals surface area contributed by atoms with Crippen LogP contribution in [0.5, 0.6) is 0 Å². The zero-order valence-electron chi connectivity index (χ0n) is 11.6. The van der Waals surface area contributed by atoms with Gasteiger partial charge in [0, 0.05) is 22.4 Å². The molecule has 0 saturated carbocycles. The molecule has 4 heteroatoms. The van der Waals surface area contributed by atoms with Crippen molar-refractivity contribution in [2.45, 2.75) is 6.92 Å².